The molecule has 3 aromatic rings. The molecular weight excluding hydrogens is 523 g/mol. The lowest BCUT2D eigenvalue weighted by molar-refractivity contribution is -0.119. The highest BCUT2D eigenvalue weighted by molar-refractivity contribution is 7.98. The van der Waals surface area contributed by atoms with Gasteiger partial charge < -0.3 is 5.32 Å². The summed E-state index contributed by atoms with van der Waals surface area (Å²) in [4.78, 5) is 12.7. The van der Waals surface area contributed by atoms with Gasteiger partial charge in [-0.1, -0.05) is 65.1 Å². The Morgan fingerprint density at radius 1 is 0.909 bits per heavy atom. The number of benzene rings is 3. The van der Waals surface area contributed by atoms with Crippen molar-refractivity contribution in [2.75, 3.05) is 23.1 Å². The zero-order chi connectivity index (χ0) is 23.8. The van der Waals surface area contributed by atoms with E-state index in [4.69, 9.17) is 34.8 Å². The molecule has 3 aromatic carbocycles. The number of nitrogens with one attached hydrogen (secondary N) is 1. The van der Waals surface area contributed by atoms with Crippen molar-refractivity contribution in [3.05, 3.63) is 93.4 Å². The fourth-order valence-corrected chi connectivity index (χ4v) is 5.87. The molecule has 0 aliphatic rings. The molecule has 0 fully saturated rings. The van der Waals surface area contributed by atoms with Crippen molar-refractivity contribution in [1.29, 1.82) is 0 Å². The Morgan fingerprint density at radius 2 is 1.64 bits per heavy atom. The van der Waals surface area contributed by atoms with Crippen LogP contribution in [0.5, 0.6) is 0 Å². The first-order valence-corrected chi connectivity index (χ1v) is 13.6. The molecule has 0 saturated carbocycles. The van der Waals surface area contributed by atoms with Crippen molar-refractivity contribution in [3.8, 4) is 0 Å². The molecule has 0 heterocycles. The normalized spacial score (nSPS) is 11.2. The first kappa shape index (κ1) is 25.7. The lowest BCUT2D eigenvalue weighted by Crippen LogP contribution is -2.41. The monoisotopic (exact) mass is 542 g/mol. The molecule has 33 heavy (non-hydrogen) atoms. The second-order valence-electron chi connectivity index (χ2n) is 6.95. The maximum atomic E-state index is 13.3. The predicted molar refractivity (Wildman–Crippen MR) is 138 cm³/mol. The topological polar surface area (TPSA) is 66.5 Å². The van der Waals surface area contributed by atoms with Crippen molar-refractivity contribution in [2.45, 2.75) is 10.6 Å². The SMILES string of the molecule is O=C(CN(c1cc(Cl)ccc1Cl)S(=O)(=O)c1ccccc1)NCCSCc1cccc(Cl)c1. The first-order valence-electron chi connectivity index (χ1n) is 9.89. The highest BCUT2D eigenvalue weighted by Crippen LogP contribution is 2.32. The van der Waals surface area contributed by atoms with E-state index in [2.05, 4.69) is 5.32 Å². The summed E-state index contributed by atoms with van der Waals surface area (Å²) in [7, 11) is -4.05. The van der Waals surface area contributed by atoms with Crippen molar-refractivity contribution in [2.24, 2.45) is 0 Å². The number of halogens is 3. The van der Waals surface area contributed by atoms with Crippen LogP contribution in [-0.4, -0.2) is 33.2 Å². The Hall–Kier alpha value is -1.90. The molecule has 1 N–H and O–H groups in total. The Balaban J connectivity index is 1.67. The molecule has 0 radical (unpaired) electrons. The molecule has 0 atom stereocenters. The highest BCUT2D eigenvalue weighted by atomic mass is 35.5. The molecule has 0 aromatic heterocycles. The van der Waals surface area contributed by atoms with Gasteiger partial charge in [-0.05, 0) is 48.0 Å². The standard InChI is InChI=1S/C23H21Cl3N2O3S2/c24-18-6-4-5-17(13-18)16-32-12-11-27-23(29)15-28(22-14-19(25)9-10-21(22)26)33(30,31)20-7-2-1-3-8-20/h1-10,13-14H,11-12,15-16H2,(H,27,29). The summed E-state index contributed by atoms with van der Waals surface area (Å²) in [5.41, 5.74) is 1.23. The van der Waals surface area contributed by atoms with Crippen LogP contribution in [0.2, 0.25) is 15.1 Å². The largest absolute Gasteiger partial charge is 0.354 e. The maximum absolute atomic E-state index is 13.3. The average molecular weight is 544 g/mol. The van der Waals surface area contributed by atoms with Gasteiger partial charge in [0.25, 0.3) is 10.0 Å². The number of nitrogens with zero attached hydrogens (tertiary/aromatic N) is 1. The van der Waals surface area contributed by atoms with Crippen molar-refractivity contribution in [1.82, 2.24) is 5.32 Å². The van der Waals surface area contributed by atoms with Crippen LogP contribution in [-0.2, 0) is 20.6 Å². The van der Waals surface area contributed by atoms with E-state index in [1.54, 1.807) is 36.0 Å². The van der Waals surface area contributed by atoms with Gasteiger partial charge >= 0.3 is 0 Å². The number of rotatable bonds is 10. The molecule has 0 bridgehead atoms. The molecule has 0 aliphatic heterocycles. The third-order valence-corrected chi connectivity index (χ3v) is 8.12. The van der Waals surface area contributed by atoms with E-state index in [1.165, 1.54) is 24.3 Å². The van der Waals surface area contributed by atoms with Gasteiger partial charge in [-0.15, -0.1) is 0 Å². The number of amides is 1. The van der Waals surface area contributed by atoms with Crippen LogP contribution in [0.3, 0.4) is 0 Å². The van der Waals surface area contributed by atoms with Crippen LogP contribution in [0, 0.1) is 0 Å². The summed E-state index contributed by atoms with van der Waals surface area (Å²) in [6.07, 6.45) is 0. The van der Waals surface area contributed by atoms with E-state index in [0.29, 0.717) is 22.3 Å². The number of anilines is 1. The minimum Gasteiger partial charge on any atom is -0.354 e. The maximum Gasteiger partial charge on any atom is 0.264 e. The summed E-state index contributed by atoms with van der Waals surface area (Å²) >= 11 is 20.0. The van der Waals surface area contributed by atoms with Gasteiger partial charge in [0.05, 0.1) is 15.6 Å². The summed E-state index contributed by atoms with van der Waals surface area (Å²) in [6.45, 7) is -0.0528. The number of hydrogen-bond acceptors (Lipinski definition) is 4. The van der Waals surface area contributed by atoms with Crippen LogP contribution in [0.25, 0.3) is 0 Å². The fraction of sp³-hybridized carbons (Fsp3) is 0.174. The van der Waals surface area contributed by atoms with Crippen molar-refractivity contribution in [3.63, 3.8) is 0 Å². The van der Waals surface area contributed by atoms with Crippen LogP contribution in [0.1, 0.15) is 5.56 Å². The Morgan fingerprint density at radius 3 is 2.36 bits per heavy atom. The minimum absolute atomic E-state index is 0.0471. The number of sulfonamides is 1. The molecule has 0 spiro atoms. The number of carbonyl (C=O) groups excluding carboxylic acids is 1. The third kappa shape index (κ3) is 7.29. The van der Waals surface area contributed by atoms with Gasteiger partial charge in [0.1, 0.15) is 6.54 Å². The second-order valence-corrected chi connectivity index (χ2v) is 11.2. The molecular formula is C23H21Cl3N2O3S2. The van der Waals surface area contributed by atoms with E-state index < -0.39 is 22.5 Å². The van der Waals surface area contributed by atoms with Crippen molar-refractivity contribution < 1.29 is 13.2 Å². The summed E-state index contributed by atoms with van der Waals surface area (Å²) in [6, 6.07) is 19.9. The van der Waals surface area contributed by atoms with E-state index in [9.17, 15) is 13.2 Å². The molecule has 1 amide bonds. The highest BCUT2D eigenvalue weighted by Gasteiger charge is 2.28. The molecule has 5 nitrogen and oxygen atoms in total. The smallest absolute Gasteiger partial charge is 0.264 e. The molecule has 0 unspecified atom stereocenters. The van der Waals surface area contributed by atoms with E-state index in [0.717, 1.165) is 15.6 Å². The Bertz CT molecular complexity index is 1210. The van der Waals surface area contributed by atoms with E-state index in [-0.39, 0.29) is 15.6 Å². The summed E-state index contributed by atoms with van der Waals surface area (Å²) in [5, 5.41) is 3.93. The average Bonchev–Trinajstić information content (AvgIpc) is 2.79. The number of thioether (sulfide) groups is 1. The fourth-order valence-electron chi connectivity index (χ4n) is 2.96. The van der Waals surface area contributed by atoms with Gasteiger partial charge in [-0.3, -0.25) is 9.10 Å². The molecule has 174 valence electrons. The Kier molecular flexibility index (Phi) is 9.35. The minimum atomic E-state index is -4.05. The summed E-state index contributed by atoms with van der Waals surface area (Å²) in [5.74, 6) is 0.957. The number of carbonyl (C=O) groups is 1. The lowest BCUT2D eigenvalue weighted by atomic mass is 10.2. The van der Waals surface area contributed by atoms with Crippen LogP contribution >= 0.6 is 46.6 Å². The van der Waals surface area contributed by atoms with Gasteiger partial charge in [-0.25, -0.2) is 8.42 Å². The second kappa shape index (κ2) is 12.0. The quantitative estimate of drug-likeness (QED) is 0.324. The molecule has 10 heteroatoms. The van der Waals surface area contributed by atoms with Gasteiger partial charge in [0, 0.05) is 28.1 Å². The van der Waals surface area contributed by atoms with E-state index >= 15 is 0 Å². The van der Waals surface area contributed by atoms with Crippen LogP contribution in [0.4, 0.5) is 5.69 Å². The van der Waals surface area contributed by atoms with Crippen molar-refractivity contribution >= 4 is 68.2 Å². The summed E-state index contributed by atoms with van der Waals surface area (Å²) < 4.78 is 27.6. The lowest BCUT2D eigenvalue weighted by Gasteiger charge is -2.25. The van der Waals surface area contributed by atoms with Gasteiger partial charge in [0.15, 0.2) is 0 Å². The first-order chi connectivity index (χ1) is 15.8. The third-order valence-electron chi connectivity index (χ3n) is 4.52. The molecule has 0 aliphatic carbocycles. The number of hydrogen-bond donors (Lipinski definition) is 1. The van der Waals surface area contributed by atoms with Crippen LogP contribution < -0.4 is 9.62 Å². The van der Waals surface area contributed by atoms with Gasteiger partial charge in [-0.2, -0.15) is 11.8 Å². The zero-order valence-corrected chi connectivity index (χ0v) is 21.3. The molecule has 3 rings (SSSR count). The van der Waals surface area contributed by atoms with E-state index in [1.807, 2.05) is 24.3 Å². The van der Waals surface area contributed by atoms with Gasteiger partial charge in [0.2, 0.25) is 5.91 Å². The van der Waals surface area contributed by atoms with Crippen LogP contribution in [0.15, 0.2) is 77.7 Å². The predicted octanol–water partition coefficient (Wildman–Crippen LogP) is 5.89. The Labute approximate surface area is 213 Å². The molecule has 0 saturated heterocycles. The zero-order valence-electron chi connectivity index (χ0n) is 17.4.